The molecule has 0 bridgehead atoms. The molecule has 3 nitrogen and oxygen atoms in total. The van der Waals surface area contributed by atoms with Crippen molar-refractivity contribution in [1.29, 1.82) is 0 Å². The van der Waals surface area contributed by atoms with Crippen LogP contribution in [0.5, 0.6) is 0 Å². The van der Waals surface area contributed by atoms with E-state index in [1.165, 1.54) is 34.9 Å². The summed E-state index contributed by atoms with van der Waals surface area (Å²) in [5, 5.41) is 5.65. The maximum Gasteiger partial charge on any atom is 0.0960 e. The van der Waals surface area contributed by atoms with Crippen molar-refractivity contribution in [3.63, 3.8) is 0 Å². The molecule has 0 fully saturated rings. The molecule has 0 N–H and O–H groups in total. The first kappa shape index (κ1) is 25.4. The highest BCUT2D eigenvalue weighted by Gasteiger charge is 2.13. The number of pyridine rings is 1. The van der Waals surface area contributed by atoms with Crippen molar-refractivity contribution in [1.82, 2.24) is 14.1 Å². The predicted octanol–water partition coefficient (Wildman–Crippen LogP) is 7.43. The van der Waals surface area contributed by atoms with Crippen molar-refractivity contribution in [3.05, 3.63) is 148 Å². The third-order valence-electron chi connectivity index (χ3n) is 7.63. The maximum absolute atomic E-state index is 4.72. The molecule has 1 aliphatic rings. The standard InChI is InChI=1S/C25H21N3.C12H12/c1-4-19-24-22(15-10-16-26-24)28(18-11-6-5-7-12-18)25(19)23-17(2)27(3)21-14-9-8-13-20(21)23;1-3-7-11(8-4-1)12-9-5-2-6-10-12/h4-16H,2H2,1,3H3;1,3-5,7-10H,2,6H2/b19-4-,25-23-;. The highest BCUT2D eigenvalue weighted by atomic mass is 15.0. The number of hydrogen-bond acceptors (Lipinski definition) is 1. The molecule has 1 aliphatic carbocycles. The summed E-state index contributed by atoms with van der Waals surface area (Å²) < 4.78 is 4.48. The zero-order valence-electron chi connectivity index (χ0n) is 23.1. The number of aromatic nitrogens is 3. The third kappa shape index (κ3) is 4.50. The van der Waals surface area contributed by atoms with Crippen LogP contribution in [0, 0.1) is 10.6 Å². The normalized spacial score (nSPS) is 14.2. The second-order valence-corrected chi connectivity index (χ2v) is 10.00. The quantitative estimate of drug-likeness (QED) is 0.233. The van der Waals surface area contributed by atoms with Crippen molar-refractivity contribution < 1.29 is 0 Å². The fourth-order valence-electron chi connectivity index (χ4n) is 5.67. The van der Waals surface area contributed by atoms with E-state index >= 15 is 0 Å². The number of benzene rings is 3. The summed E-state index contributed by atoms with van der Waals surface area (Å²) in [4.78, 5) is 4.72. The molecule has 40 heavy (non-hydrogen) atoms. The lowest BCUT2D eigenvalue weighted by atomic mass is 10.00. The lowest BCUT2D eigenvalue weighted by Gasteiger charge is -2.06. The smallest absolute Gasteiger partial charge is 0.0960 e. The number of nitrogens with zero attached hydrogens (tertiary/aromatic N) is 3. The summed E-state index contributed by atoms with van der Waals surface area (Å²) in [5.41, 5.74) is 7.11. The van der Waals surface area contributed by atoms with Gasteiger partial charge < -0.3 is 9.13 Å². The Morgan fingerprint density at radius 1 is 0.800 bits per heavy atom. The Morgan fingerprint density at radius 2 is 1.50 bits per heavy atom. The van der Waals surface area contributed by atoms with Crippen molar-refractivity contribution in [2.24, 2.45) is 7.05 Å². The minimum absolute atomic E-state index is 1.00. The minimum atomic E-state index is 1.00. The van der Waals surface area contributed by atoms with Crippen molar-refractivity contribution >= 4 is 40.2 Å². The van der Waals surface area contributed by atoms with Crippen LogP contribution in [-0.4, -0.2) is 14.1 Å². The van der Waals surface area contributed by atoms with E-state index in [0.29, 0.717) is 0 Å². The van der Waals surface area contributed by atoms with E-state index < -0.39 is 0 Å². The first-order valence-electron chi connectivity index (χ1n) is 13.8. The second-order valence-electron chi connectivity index (χ2n) is 10.00. The third-order valence-corrected chi connectivity index (χ3v) is 7.63. The molecule has 6 aromatic rings. The molecule has 0 atom stereocenters. The molecular weight excluding hydrogens is 486 g/mol. The Morgan fingerprint density at radius 3 is 2.23 bits per heavy atom. The number of hydrogen-bond donors (Lipinski definition) is 0. The van der Waals surface area contributed by atoms with Gasteiger partial charge in [-0.25, -0.2) is 0 Å². The second kappa shape index (κ2) is 11.1. The lowest BCUT2D eigenvalue weighted by Crippen LogP contribution is -2.14. The monoisotopic (exact) mass is 519 g/mol. The largest absolute Gasteiger partial charge is 0.344 e. The van der Waals surface area contributed by atoms with Gasteiger partial charge in [0.05, 0.1) is 16.4 Å². The number of aryl methyl sites for hydroxylation is 1. The molecule has 3 heteroatoms. The molecule has 3 aromatic heterocycles. The average Bonchev–Trinajstić information content (AvgIpc) is 3.49. The van der Waals surface area contributed by atoms with Crippen LogP contribution in [0.15, 0.2) is 121 Å². The molecule has 0 saturated heterocycles. The molecule has 0 unspecified atom stereocenters. The van der Waals surface area contributed by atoms with Gasteiger partial charge in [-0.15, -0.1) is 0 Å². The fourth-order valence-corrected chi connectivity index (χ4v) is 5.67. The highest BCUT2D eigenvalue weighted by molar-refractivity contribution is 5.84. The molecule has 0 saturated carbocycles. The topological polar surface area (TPSA) is 22.8 Å². The molecule has 3 heterocycles. The van der Waals surface area contributed by atoms with Crippen LogP contribution in [-0.2, 0) is 7.05 Å². The average molecular weight is 520 g/mol. The summed E-state index contributed by atoms with van der Waals surface area (Å²) in [7, 11) is 2.08. The van der Waals surface area contributed by atoms with Gasteiger partial charge in [0.2, 0.25) is 0 Å². The van der Waals surface area contributed by atoms with E-state index in [0.717, 1.165) is 37.9 Å². The van der Waals surface area contributed by atoms with Gasteiger partial charge in [-0.05, 0) is 61.2 Å². The van der Waals surface area contributed by atoms with Gasteiger partial charge in [-0.2, -0.15) is 0 Å². The van der Waals surface area contributed by atoms with Gasteiger partial charge in [-0.3, -0.25) is 4.98 Å². The lowest BCUT2D eigenvalue weighted by molar-refractivity contribution is 0.923. The molecule has 0 radical (unpaired) electrons. The van der Waals surface area contributed by atoms with Gasteiger partial charge >= 0.3 is 0 Å². The van der Waals surface area contributed by atoms with Crippen LogP contribution in [0.1, 0.15) is 25.3 Å². The summed E-state index contributed by atoms with van der Waals surface area (Å²) in [6.07, 6.45) is 13.1. The summed E-state index contributed by atoms with van der Waals surface area (Å²) in [6.45, 7) is 6.51. The molecule has 0 aliphatic heterocycles. The van der Waals surface area contributed by atoms with Crippen LogP contribution in [0.25, 0.3) is 45.9 Å². The van der Waals surface area contributed by atoms with Gasteiger partial charge in [0, 0.05) is 45.6 Å². The summed E-state index contributed by atoms with van der Waals surface area (Å²) in [6, 6.07) is 33.6. The highest BCUT2D eigenvalue weighted by Crippen LogP contribution is 2.21. The molecule has 7 rings (SSSR count). The van der Waals surface area contributed by atoms with Gasteiger partial charge in [0.1, 0.15) is 0 Å². The summed E-state index contributed by atoms with van der Waals surface area (Å²) in [5.74, 6) is 0. The molecule has 0 spiro atoms. The van der Waals surface area contributed by atoms with E-state index in [-0.39, 0.29) is 0 Å². The number of allylic oxidation sites excluding steroid dienone is 4. The van der Waals surface area contributed by atoms with Crippen LogP contribution < -0.4 is 10.6 Å². The Kier molecular flexibility index (Phi) is 7.03. The zero-order chi connectivity index (χ0) is 27.5. The Labute approximate surface area is 234 Å². The van der Waals surface area contributed by atoms with Crippen molar-refractivity contribution in [2.75, 3.05) is 0 Å². The maximum atomic E-state index is 4.72. The van der Waals surface area contributed by atoms with Crippen LogP contribution >= 0.6 is 0 Å². The number of fused-ring (bicyclic) bond motifs is 2. The number of rotatable bonds is 2. The SMILES string of the molecule is C1=CC(c2ccccc2)=CCC1.C=c1/c(=c2\c(=C/C)c3ncccc3n2-c2ccccc2)c2ccccc2n1C. The minimum Gasteiger partial charge on any atom is -0.344 e. The van der Waals surface area contributed by atoms with Gasteiger partial charge in [0.15, 0.2) is 0 Å². The van der Waals surface area contributed by atoms with E-state index in [2.05, 4.69) is 139 Å². The van der Waals surface area contributed by atoms with Crippen molar-refractivity contribution in [3.8, 4) is 5.69 Å². The van der Waals surface area contributed by atoms with Crippen LogP contribution in [0.2, 0.25) is 0 Å². The Hall–Kier alpha value is -4.89. The molecule has 3 aromatic carbocycles. The van der Waals surface area contributed by atoms with Crippen LogP contribution in [0.4, 0.5) is 0 Å². The van der Waals surface area contributed by atoms with E-state index in [1.54, 1.807) is 0 Å². The Bertz CT molecular complexity index is 2080. The van der Waals surface area contributed by atoms with Gasteiger partial charge in [0.25, 0.3) is 0 Å². The first-order valence-corrected chi connectivity index (χ1v) is 13.8. The molecule has 196 valence electrons. The molecular formula is C37H33N3. The fraction of sp³-hybridized carbons (Fsp3) is 0.108. The zero-order valence-corrected chi connectivity index (χ0v) is 23.1. The van der Waals surface area contributed by atoms with Crippen molar-refractivity contribution in [2.45, 2.75) is 19.8 Å². The molecule has 0 amide bonds. The number of para-hydroxylation sites is 2. The van der Waals surface area contributed by atoms with Gasteiger partial charge in [-0.1, -0.05) is 97.6 Å². The predicted molar refractivity (Wildman–Crippen MR) is 169 cm³/mol. The van der Waals surface area contributed by atoms with Crippen LogP contribution in [0.3, 0.4) is 0 Å². The van der Waals surface area contributed by atoms with E-state index in [4.69, 9.17) is 4.98 Å². The van der Waals surface area contributed by atoms with E-state index in [1.807, 2.05) is 18.3 Å². The summed E-state index contributed by atoms with van der Waals surface area (Å²) >= 11 is 0. The van der Waals surface area contributed by atoms with E-state index in [9.17, 15) is 0 Å². The first-order chi connectivity index (χ1) is 19.7. The Balaban J connectivity index is 0.000000201.